The normalized spacial score (nSPS) is 13.8. The number of hydrogen-bond donors (Lipinski definition) is 2. The van der Waals surface area contributed by atoms with Gasteiger partial charge in [-0.05, 0) is 48.9 Å². The second-order valence-corrected chi connectivity index (χ2v) is 8.18. The molecular formula is C18H21ClN2O4S. The fraction of sp³-hybridized carbons (Fsp3) is 0.278. The Bertz CT molecular complexity index is 884. The number of hydrogen-bond acceptors (Lipinski definition) is 4. The van der Waals surface area contributed by atoms with Crippen molar-refractivity contribution in [2.45, 2.75) is 24.3 Å². The van der Waals surface area contributed by atoms with Crippen LogP contribution in [-0.2, 0) is 25.2 Å². The summed E-state index contributed by atoms with van der Waals surface area (Å²) in [6, 6.07) is 13.0. The van der Waals surface area contributed by atoms with E-state index in [1.54, 1.807) is 25.1 Å². The molecule has 0 radical (unpaired) electrons. The van der Waals surface area contributed by atoms with Crippen LogP contribution in [0.25, 0.3) is 0 Å². The van der Waals surface area contributed by atoms with Crippen molar-refractivity contribution in [1.29, 1.82) is 0 Å². The Balaban J connectivity index is 2.16. The van der Waals surface area contributed by atoms with Gasteiger partial charge in [-0.3, -0.25) is 4.79 Å². The lowest BCUT2D eigenvalue weighted by Gasteiger charge is -2.29. The van der Waals surface area contributed by atoms with Crippen LogP contribution in [0.5, 0.6) is 0 Å². The fourth-order valence-electron chi connectivity index (χ4n) is 2.35. The van der Waals surface area contributed by atoms with Gasteiger partial charge in [0.1, 0.15) is 5.60 Å². The number of anilines is 1. The van der Waals surface area contributed by atoms with Gasteiger partial charge in [-0.25, -0.2) is 13.1 Å². The Hall–Kier alpha value is -1.93. The zero-order valence-electron chi connectivity index (χ0n) is 14.7. The van der Waals surface area contributed by atoms with Crippen molar-refractivity contribution < 1.29 is 17.9 Å². The zero-order valence-corrected chi connectivity index (χ0v) is 16.3. The second-order valence-electron chi connectivity index (χ2n) is 5.98. The number of amides is 1. The molecule has 2 N–H and O–H groups in total. The minimum absolute atomic E-state index is 0.0274. The van der Waals surface area contributed by atoms with Crippen molar-refractivity contribution in [2.24, 2.45) is 0 Å². The molecule has 26 heavy (non-hydrogen) atoms. The van der Waals surface area contributed by atoms with Gasteiger partial charge in [0.15, 0.2) is 0 Å². The molecule has 0 bridgehead atoms. The van der Waals surface area contributed by atoms with E-state index in [0.717, 1.165) is 5.56 Å². The maximum Gasteiger partial charge on any atom is 0.240 e. The Kier molecular flexibility index (Phi) is 6.41. The summed E-state index contributed by atoms with van der Waals surface area (Å²) in [4.78, 5) is 11.1. The molecule has 0 aliphatic heterocycles. The molecule has 6 nitrogen and oxygen atoms in total. The summed E-state index contributed by atoms with van der Waals surface area (Å²) in [5, 5.41) is 3.13. The lowest BCUT2D eigenvalue weighted by atomic mass is 9.96. The van der Waals surface area contributed by atoms with E-state index in [2.05, 4.69) is 10.0 Å². The van der Waals surface area contributed by atoms with E-state index in [4.69, 9.17) is 16.3 Å². The second kappa shape index (κ2) is 8.18. The molecule has 0 spiro atoms. The summed E-state index contributed by atoms with van der Waals surface area (Å²) in [6.45, 7) is 3.19. The molecule has 0 heterocycles. The molecule has 1 atom stereocenters. The molecular weight excluding hydrogens is 376 g/mol. The van der Waals surface area contributed by atoms with Crippen LogP contribution in [0, 0.1) is 0 Å². The van der Waals surface area contributed by atoms with Crippen LogP contribution in [0.1, 0.15) is 19.4 Å². The summed E-state index contributed by atoms with van der Waals surface area (Å²) >= 11 is 6.02. The van der Waals surface area contributed by atoms with Crippen LogP contribution in [0.2, 0.25) is 5.02 Å². The summed E-state index contributed by atoms with van der Waals surface area (Å²) in [5.74, 6) is -0.226. The molecule has 1 amide bonds. The standard InChI is InChI=1S/C18H21ClN2O4S/c1-13(22)21-16-7-9-17(10-8-16)26(23,24)20-12-18(2,25-3)14-5-4-6-15(19)11-14/h4-11,20H,12H2,1-3H3,(H,21,22)/t18-/m0/s1. The van der Waals surface area contributed by atoms with Gasteiger partial charge < -0.3 is 10.1 Å². The van der Waals surface area contributed by atoms with E-state index in [1.165, 1.54) is 38.3 Å². The molecule has 2 aromatic rings. The largest absolute Gasteiger partial charge is 0.372 e. The summed E-state index contributed by atoms with van der Waals surface area (Å²) in [7, 11) is -2.23. The monoisotopic (exact) mass is 396 g/mol. The molecule has 0 aliphatic rings. The van der Waals surface area contributed by atoms with Crippen molar-refractivity contribution in [1.82, 2.24) is 4.72 Å². The van der Waals surface area contributed by atoms with E-state index in [0.29, 0.717) is 10.7 Å². The van der Waals surface area contributed by atoms with E-state index in [9.17, 15) is 13.2 Å². The van der Waals surface area contributed by atoms with Crippen molar-refractivity contribution in [3.05, 3.63) is 59.1 Å². The summed E-state index contributed by atoms with van der Waals surface area (Å²) < 4.78 is 33.2. The molecule has 0 saturated carbocycles. The predicted molar refractivity (Wildman–Crippen MR) is 102 cm³/mol. The maximum atomic E-state index is 12.5. The number of benzene rings is 2. The van der Waals surface area contributed by atoms with E-state index in [-0.39, 0.29) is 17.3 Å². The zero-order chi connectivity index (χ0) is 19.4. The van der Waals surface area contributed by atoms with Crippen LogP contribution >= 0.6 is 11.6 Å². The van der Waals surface area contributed by atoms with E-state index >= 15 is 0 Å². The van der Waals surface area contributed by atoms with Crippen LogP contribution in [-0.4, -0.2) is 28.0 Å². The number of carbonyl (C=O) groups excluding carboxylic acids is 1. The molecule has 2 aromatic carbocycles. The Labute approximate surface area is 158 Å². The van der Waals surface area contributed by atoms with Gasteiger partial charge in [0.2, 0.25) is 15.9 Å². The highest BCUT2D eigenvalue weighted by Crippen LogP contribution is 2.27. The third-order valence-electron chi connectivity index (χ3n) is 3.97. The van der Waals surface area contributed by atoms with Crippen molar-refractivity contribution in [3.8, 4) is 0 Å². The van der Waals surface area contributed by atoms with Gasteiger partial charge in [0.05, 0.1) is 4.90 Å². The first-order valence-electron chi connectivity index (χ1n) is 7.85. The summed E-state index contributed by atoms with van der Waals surface area (Å²) in [5.41, 5.74) is 0.405. The number of rotatable bonds is 7. The molecule has 0 fully saturated rings. The number of ether oxygens (including phenoxy) is 1. The highest BCUT2D eigenvalue weighted by atomic mass is 35.5. The van der Waals surface area contributed by atoms with Crippen molar-refractivity contribution >= 4 is 33.2 Å². The number of carbonyl (C=O) groups is 1. The van der Waals surface area contributed by atoms with Gasteiger partial charge >= 0.3 is 0 Å². The Morgan fingerprint density at radius 1 is 1.19 bits per heavy atom. The average molecular weight is 397 g/mol. The molecule has 0 saturated heterocycles. The molecule has 0 aliphatic carbocycles. The molecule has 8 heteroatoms. The van der Waals surface area contributed by atoms with Gasteiger partial charge in [0.25, 0.3) is 0 Å². The van der Waals surface area contributed by atoms with Crippen LogP contribution < -0.4 is 10.0 Å². The first-order valence-corrected chi connectivity index (χ1v) is 9.71. The topological polar surface area (TPSA) is 84.5 Å². The Morgan fingerprint density at radius 2 is 1.85 bits per heavy atom. The Morgan fingerprint density at radius 3 is 2.38 bits per heavy atom. The smallest absolute Gasteiger partial charge is 0.240 e. The molecule has 0 unspecified atom stereocenters. The van der Waals surface area contributed by atoms with Crippen molar-refractivity contribution in [2.75, 3.05) is 19.0 Å². The molecule has 2 rings (SSSR count). The van der Waals surface area contributed by atoms with Gasteiger partial charge in [-0.1, -0.05) is 23.7 Å². The molecule has 0 aromatic heterocycles. The maximum absolute atomic E-state index is 12.5. The highest BCUT2D eigenvalue weighted by Gasteiger charge is 2.29. The number of halogens is 1. The van der Waals surface area contributed by atoms with E-state index < -0.39 is 15.6 Å². The first kappa shape index (κ1) is 20.4. The van der Waals surface area contributed by atoms with Gasteiger partial charge in [-0.15, -0.1) is 0 Å². The minimum atomic E-state index is -3.74. The van der Waals surface area contributed by atoms with Gasteiger partial charge in [-0.2, -0.15) is 0 Å². The third kappa shape index (κ3) is 5.04. The molecule has 140 valence electrons. The number of methoxy groups -OCH3 is 1. The minimum Gasteiger partial charge on any atom is -0.372 e. The third-order valence-corrected chi connectivity index (χ3v) is 5.62. The van der Waals surface area contributed by atoms with Crippen LogP contribution in [0.15, 0.2) is 53.4 Å². The van der Waals surface area contributed by atoms with Crippen LogP contribution in [0.3, 0.4) is 0 Å². The summed E-state index contributed by atoms with van der Waals surface area (Å²) in [6.07, 6.45) is 0. The predicted octanol–water partition coefficient (Wildman–Crippen LogP) is 3.14. The quantitative estimate of drug-likeness (QED) is 0.753. The lowest BCUT2D eigenvalue weighted by molar-refractivity contribution is -0.114. The lowest BCUT2D eigenvalue weighted by Crippen LogP contribution is -2.40. The fourth-order valence-corrected chi connectivity index (χ4v) is 3.66. The first-order chi connectivity index (χ1) is 12.2. The SMILES string of the molecule is CO[C@@](C)(CNS(=O)(=O)c1ccc(NC(C)=O)cc1)c1cccc(Cl)c1. The van der Waals surface area contributed by atoms with Gasteiger partial charge in [0, 0.05) is 31.3 Å². The van der Waals surface area contributed by atoms with Crippen molar-refractivity contribution in [3.63, 3.8) is 0 Å². The van der Waals surface area contributed by atoms with Crippen LogP contribution in [0.4, 0.5) is 5.69 Å². The average Bonchev–Trinajstić information content (AvgIpc) is 2.60. The highest BCUT2D eigenvalue weighted by molar-refractivity contribution is 7.89. The van der Waals surface area contributed by atoms with E-state index in [1.807, 2.05) is 6.07 Å². The number of nitrogens with one attached hydrogen (secondary N) is 2. The number of sulfonamides is 1.